The number of nitrogens with zero attached hydrogens (tertiary/aromatic N) is 3. The van der Waals surface area contributed by atoms with Gasteiger partial charge in [-0.2, -0.15) is 0 Å². The van der Waals surface area contributed by atoms with E-state index in [2.05, 4.69) is 28.3 Å². The molecular formula is C15H21N3O2. The molecule has 0 atom stereocenters. The van der Waals surface area contributed by atoms with Crippen LogP contribution in [0.15, 0.2) is 18.2 Å². The largest absolute Gasteiger partial charge is 0.478 e. The highest BCUT2D eigenvalue weighted by Gasteiger charge is 2.24. The highest BCUT2D eigenvalue weighted by Crippen LogP contribution is 2.23. The molecule has 0 saturated carbocycles. The van der Waals surface area contributed by atoms with Crippen LogP contribution in [0, 0.1) is 6.92 Å². The molecule has 0 radical (unpaired) electrons. The number of aromatic carboxylic acids is 1. The Balaban J connectivity index is 2.58. The molecule has 2 aromatic rings. The number of imidazole rings is 1. The molecule has 0 saturated heterocycles. The molecule has 1 aromatic carbocycles. The van der Waals surface area contributed by atoms with Crippen LogP contribution in [0.1, 0.15) is 30.0 Å². The molecule has 108 valence electrons. The number of hydrogen-bond donors (Lipinski definition) is 1. The predicted octanol–water partition coefficient (Wildman–Crippen LogP) is 2.38. The normalized spacial score (nSPS) is 12.3. The summed E-state index contributed by atoms with van der Waals surface area (Å²) in [6, 6.07) is 5.29. The molecule has 0 unspecified atom stereocenters. The molecule has 0 amide bonds. The zero-order valence-electron chi connectivity index (χ0n) is 12.6. The van der Waals surface area contributed by atoms with Crippen LogP contribution in [0.3, 0.4) is 0 Å². The molecule has 0 aliphatic heterocycles. The van der Waals surface area contributed by atoms with Gasteiger partial charge in [0.05, 0.1) is 11.1 Å². The van der Waals surface area contributed by atoms with Gasteiger partial charge >= 0.3 is 5.97 Å². The number of carboxylic acids is 1. The van der Waals surface area contributed by atoms with E-state index in [0.717, 1.165) is 17.9 Å². The first-order valence-corrected chi connectivity index (χ1v) is 6.60. The Hall–Kier alpha value is -1.88. The van der Waals surface area contributed by atoms with E-state index in [4.69, 9.17) is 0 Å². The van der Waals surface area contributed by atoms with Crippen molar-refractivity contribution < 1.29 is 9.90 Å². The van der Waals surface area contributed by atoms with Crippen molar-refractivity contribution in [3.8, 4) is 0 Å². The summed E-state index contributed by atoms with van der Waals surface area (Å²) < 4.78 is 2.09. The molecule has 0 spiro atoms. The van der Waals surface area contributed by atoms with Gasteiger partial charge in [0.1, 0.15) is 11.3 Å². The topological polar surface area (TPSA) is 58.4 Å². The number of para-hydroxylation sites is 1. The van der Waals surface area contributed by atoms with Gasteiger partial charge in [-0.15, -0.1) is 0 Å². The molecule has 5 heteroatoms. The number of aryl methyl sites for hydroxylation is 1. The summed E-state index contributed by atoms with van der Waals surface area (Å²) in [5.41, 5.74) is 1.65. The lowest BCUT2D eigenvalue weighted by Gasteiger charge is -2.33. The maximum Gasteiger partial charge on any atom is 0.337 e. The van der Waals surface area contributed by atoms with Crippen LogP contribution in [0.4, 0.5) is 0 Å². The Kier molecular flexibility index (Phi) is 3.56. The van der Waals surface area contributed by atoms with Gasteiger partial charge in [-0.3, -0.25) is 0 Å². The van der Waals surface area contributed by atoms with Crippen LogP contribution in [0.25, 0.3) is 11.0 Å². The first kappa shape index (κ1) is 14.5. The molecule has 1 aromatic heterocycles. The van der Waals surface area contributed by atoms with Crippen molar-refractivity contribution in [2.45, 2.75) is 32.9 Å². The number of benzene rings is 1. The second kappa shape index (κ2) is 4.90. The Labute approximate surface area is 118 Å². The first-order chi connectivity index (χ1) is 9.24. The van der Waals surface area contributed by atoms with Gasteiger partial charge in [-0.25, -0.2) is 9.78 Å². The summed E-state index contributed by atoms with van der Waals surface area (Å²) >= 11 is 0. The summed E-state index contributed by atoms with van der Waals surface area (Å²) in [6.07, 6.45) is 0. The summed E-state index contributed by atoms with van der Waals surface area (Å²) in [6.45, 7) is 6.97. The molecule has 0 bridgehead atoms. The van der Waals surface area contributed by atoms with E-state index in [1.807, 2.05) is 27.1 Å². The fourth-order valence-electron chi connectivity index (χ4n) is 2.16. The number of carboxylic acid groups (broad SMARTS) is 1. The Morgan fingerprint density at radius 3 is 2.60 bits per heavy atom. The molecular weight excluding hydrogens is 254 g/mol. The Morgan fingerprint density at radius 1 is 1.40 bits per heavy atom. The quantitative estimate of drug-likeness (QED) is 0.930. The monoisotopic (exact) mass is 275 g/mol. The maximum absolute atomic E-state index is 11.3. The summed E-state index contributed by atoms with van der Waals surface area (Å²) in [7, 11) is 4.08. The number of likely N-dealkylation sites (N-methyl/N-ethyl adjacent to an activating group) is 1. The van der Waals surface area contributed by atoms with E-state index in [-0.39, 0.29) is 11.1 Å². The first-order valence-electron chi connectivity index (χ1n) is 6.60. The van der Waals surface area contributed by atoms with Gasteiger partial charge in [0.25, 0.3) is 0 Å². The maximum atomic E-state index is 11.3. The van der Waals surface area contributed by atoms with Crippen molar-refractivity contribution in [2.75, 3.05) is 14.1 Å². The third-order valence-electron chi connectivity index (χ3n) is 3.96. The van der Waals surface area contributed by atoms with Crippen molar-refractivity contribution in [2.24, 2.45) is 0 Å². The molecule has 0 fully saturated rings. The predicted molar refractivity (Wildman–Crippen MR) is 79.2 cm³/mol. The molecule has 0 aliphatic rings. The molecule has 2 rings (SSSR count). The van der Waals surface area contributed by atoms with E-state index >= 15 is 0 Å². The lowest BCUT2D eigenvalue weighted by molar-refractivity contribution is 0.0699. The van der Waals surface area contributed by atoms with E-state index < -0.39 is 5.97 Å². The Bertz CT molecular complexity index is 656. The van der Waals surface area contributed by atoms with Crippen molar-refractivity contribution >= 4 is 17.0 Å². The van der Waals surface area contributed by atoms with Crippen LogP contribution in [-0.2, 0) is 6.54 Å². The summed E-state index contributed by atoms with van der Waals surface area (Å²) in [5, 5.41) is 9.25. The number of fused-ring (bicyclic) bond motifs is 1. The van der Waals surface area contributed by atoms with E-state index in [9.17, 15) is 9.90 Å². The van der Waals surface area contributed by atoms with Crippen LogP contribution < -0.4 is 0 Å². The van der Waals surface area contributed by atoms with Crippen LogP contribution in [-0.4, -0.2) is 45.2 Å². The smallest absolute Gasteiger partial charge is 0.337 e. The summed E-state index contributed by atoms with van der Waals surface area (Å²) in [4.78, 5) is 17.9. The summed E-state index contributed by atoms with van der Waals surface area (Å²) in [5.74, 6) is -0.101. The fraction of sp³-hybridized carbons (Fsp3) is 0.467. The molecule has 20 heavy (non-hydrogen) atoms. The van der Waals surface area contributed by atoms with Gasteiger partial charge in [0.15, 0.2) is 0 Å². The lowest BCUT2D eigenvalue weighted by Crippen LogP contribution is -2.42. The highest BCUT2D eigenvalue weighted by molar-refractivity contribution is 6.01. The zero-order valence-corrected chi connectivity index (χ0v) is 12.6. The average molecular weight is 275 g/mol. The second-order valence-electron chi connectivity index (χ2n) is 5.93. The van der Waals surface area contributed by atoms with Crippen molar-refractivity contribution in [3.63, 3.8) is 0 Å². The van der Waals surface area contributed by atoms with Gasteiger partial charge < -0.3 is 14.6 Å². The van der Waals surface area contributed by atoms with Gasteiger partial charge in [0, 0.05) is 12.1 Å². The van der Waals surface area contributed by atoms with E-state index in [1.165, 1.54) is 0 Å². The SMILES string of the molecule is Cc1nc2c(C(=O)O)cccc2n1CC(C)(C)N(C)C. The van der Waals surface area contributed by atoms with E-state index in [0.29, 0.717) is 5.52 Å². The third-order valence-corrected chi connectivity index (χ3v) is 3.96. The minimum Gasteiger partial charge on any atom is -0.478 e. The number of rotatable bonds is 4. The van der Waals surface area contributed by atoms with Gasteiger partial charge in [-0.05, 0) is 47.0 Å². The third kappa shape index (κ3) is 2.41. The van der Waals surface area contributed by atoms with Crippen molar-refractivity contribution in [1.82, 2.24) is 14.5 Å². The van der Waals surface area contributed by atoms with Gasteiger partial charge in [0.2, 0.25) is 0 Å². The number of hydrogen-bond acceptors (Lipinski definition) is 3. The van der Waals surface area contributed by atoms with Crippen LogP contribution >= 0.6 is 0 Å². The second-order valence-corrected chi connectivity index (χ2v) is 5.93. The van der Waals surface area contributed by atoms with Gasteiger partial charge in [-0.1, -0.05) is 6.07 Å². The lowest BCUT2D eigenvalue weighted by atomic mass is 10.0. The van der Waals surface area contributed by atoms with E-state index in [1.54, 1.807) is 12.1 Å². The van der Waals surface area contributed by atoms with Crippen LogP contribution in [0.2, 0.25) is 0 Å². The Morgan fingerprint density at radius 2 is 2.05 bits per heavy atom. The molecule has 1 N–H and O–H groups in total. The average Bonchev–Trinajstić information content (AvgIpc) is 2.65. The molecule has 0 aliphatic carbocycles. The minimum atomic E-state index is -0.938. The molecule has 5 nitrogen and oxygen atoms in total. The highest BCUT2D eigenvalue weighted by atomic mass is 16.4. The van der Waals surface area contributed by atoms with Crippen molar-refractivity contribution in [1.29, 1.82) is 0 Å². The molecule has 1 heterocycles. The minimum absolute atomic E-state index is 0.0440. The fourth-order valence-corrected chi connectivity index (χ4v) is 2.16. The van der Waals surface area contributed by atoms with Crippen LogP contribution in [0.5, 0.6) is 0 Å². The van der Waals surface area contributed by atoms with Crippen molar-refractivity contribution in [3.05, 3.63) is 29.6 Å². The zero-order chi connectivity index (χ0) is 15.1. The number of aromatic nitrogens is 2. The number of carbonyl (C=O) groups is 1. The standard InChI is InChI=1S/C15H21N3O2/c1-10-16-13-11(14(19)20)7-6-8-12(13)18(10)9-15(2,3)17(4)5/h6-8H,9H2,1-5H3,(H,19,20).